The fraction of sp³-hybridized carbons (Fsp3) is 0.316. The van der Waals surface area contributed by atoms with Crippen molar-refractivity contribution in [2.45, 2.75) is 25.3 Å². The highest BCUT2D eigenvalue weighted by molar-refractivity contribution is 9.10. The average Bonchev–Trinajstić information content (AvgIpc) is 2.56. The van der Waals surface area contributed by atoms with E-state index >= 15 is 0 Å². The van der Waals surface area contributed by atoms with Crippen LogP contribution >= 0.6 is 15.9 Å². The second-order valence-corrected chi connectivity index (χ2v) is 7.05. The summed E-state index contributed by atoms with van der Waals surface area (Å²) in [7, 11) is 2.12. The van der Waals surface area contributed by atoms with Crippen LogP contribution in [0.2, 0.25) is 0 Å². The zero-order chi connectivity index (χ0) is 16.2. The lowest BCUT2D eigenvalue weighted by atomic mass is 9.87. The molecule has 0 saturated carbocycles. The highest BCUT2D eigenvalue weighted by Gasteiger charge is 2.27. The number of amides is 1. The van der Waals surface area contributed by atoms with Gasteiger partial charge in [-0.05, 0) is 46.5 Å². The Hall–Kier alpha value is -1.65. The molecule has 0 bridgehead atoms. The van der Waals surface area contributed by atoms with E-state index in [4.69, 9.17) is 0 Å². The molecule has 0 fully saturated rings. The Morgan fingerprint density at radius 3 is 2.78 bits per heavy atom. The Bertz CT molecular complexity index is 701. The number of carbonyl (C=O) groups excluding carboxylic acids is 1. The summed E-state index contributed by atoms with van der Waals surface area (Å²) in [5.41, 5.74) is 3.67. The zero-order valence-electron chi connectivity index (χ0n) is 13.3. The second-order valence-electron chi connectivity index (χ2n) is 6.19. The van der Waals surface area contributed by atoms with Crippen LogP contribution < -0.4 is 10.2 Å². The predicted molar refractivity (Wildman–Crippen MR) is 96.6 cm³/mol. The fourth-order valence-corrected chi connectivity index (χ4v) is 3.78. The molecule has 0 aliphatic heterocycles. The van der Waals surface area contributed by atoms with E-state index in [1.807, 2.05) is 24.3 Å². The molecule has 1 aliphatic carbocycles. The number of aryl methyl sites for hydroxylation is 1. The molecule has 2 aromatic rings. The van der Waals surface area contributed by atoms with Crippen molar-refractivity contribution in [1.82, 2.24) is 0 Å². The zero-order valence-corrected chi connectivity index (χ0v) is 14.9. The van der Waals surface area contributed by atoms with Crippen LogP contribution in [0.15, 0.2) is 53.0 Å². The maximum Gasteiger partial charge on any atom is 0.279 e. The number of para-hydroxylation sites is 1. The standard InChI is InChI=1S/C19H21BrN2O/c1-22(13-19(23)21-17-11-5-4-10-16(17)20)18-12-6-8-14-7-2-3-9-15(14)18/h2-5,7,9-11,18H,6,8,12-13H2,1H3,(H,21,23)/p+1/t18-/m1/s1. The van der Waals surface area contributed by atoms with Gasteiger partial charge in [0.2, 0.25) is 0 Å². The van der Waals surface area contributed by atoms with Crippen molar-refractivity contribution in [3.05, 3.63) is 64.1 Å². The minimum atomic E-state index is 0.0532. The van der Waals surface area contributed by atoms with E-state index in [1.165, 1.54) is 22.4 Å². The molecule has 2 atom stereocenters. The smallest absolute Gasteiger partial charge is 0.279 e. The third kappa shape index (κ3) is 3.82. The van der Waals surface area contributed by atoms with Gasteiger partial charge >= 0.3 is 0 Å². The lowest BCUT2D eigenvalue weighted by molar-refractivity contribution is -0.905. The number of halogens is 1. The molecular formula is C19H22BrN2O+. The van der Waals surface area contributed by atoms with Crippen molar-refractivity contribution < 1.29 is 9.69 Å². The van der Waals surface area contributed by atoms with Crippen LogP contribution in [-0.4, -0.2) is 19.5 Å². The summed E-state index contributed by atoms with van der Waals surface area (Å²) in [6, 6.07) is 16.8. The van der Waals surface area contributed by atoms with Crippen LogP contribution in [-0.2, 0) is 11.2 Å². The summed E-state index contributed by atoms with van der Waals surface area (Å²) in [4.78, 5) is 13.6. The quantitative estimate of drug-likeness (QED) is 0.848. The molecule has 3 nitrogen and oxygen atoms in total. The van der Waals surface area contributed by atoms with Crippen LogP contribution in [0.5, 0.6) is 0 Å². The summed E-state index contributed by atoms with van der Waals surface area (Å²) in [6.45, 7) is 0.473. The van der Waals surface area contributed by atoms with E-state index in [1.54, 1.807) is 0 Å². The van der Waals surface area contributed by atoms with Crippen LogP contribution in [0.4, 0.5) is 5.69 Å². The van der Waals surface area contributed by atoms with Gasteiger partial charge in [0.15, 0.2) is 6.54 Å². The number of hydrogen-bond donors (Lipinski definition) is 2. The molecule has 120 valence electrons. The first-order valence-electron chi connectivity index (χ1n) is 8.09. The maximum atomic E-state index is 12.4. The fourth-order valence-electron chi connectivity index (χ4n) is 3.40. The number of fused-ring (bicyclic) bond motifs is 1. The Morgan fingerprint density at radius 1 is 1.22 bits per heavy atom. The van der Waals surface area contributed by atoms with Crippen LogP contribution in [0.3, 0.4) is 0 Å². The SMILES string of the molecule is C[NH+](CC(=O)Nc1ccccc1Br)[C@@H]1CCCc2ccccc21. The summed E-state index contributed by atoms with van der Waals surface area (Å²) < 4.78 is 0.911. The van der Waals surface area contributed by atoms with Gasteiger partial charge in [-0.15, -0.1) is 0 Å². The van der Waals surface area contributed by atoms with E-state index < -0.39 is 0 Å². The van der Waals surface area contributed by atoms with Crippen LogP contribution in [0, 0.1) is 0 Å². The normalized spacial score (nSPS) is 18.1. The van der Waals surface area contributed by atoms with Crippen molar-refractivity contribution in [1.29, 1.82) is 0 Å². The van der Waals surface area contributed by atoms with Crippen molar-refractivity contribution in [2.24, 2.45) is 0 Å². The van der Waals surface area contributed by atoms with Crippen molar-refractivity contribution in [2.75, 3.05) is 18.9 Å². The summed E-state index contributed by atoms with van der Waals surface area (Å²) in [5.74, 6) is 0.0532. The van der Waals surface area contributed by atoms with Gasteiger partial charge in [-0.2, -0.15) is 0 Å². The average molecular weight is 374 g/mol. The monoisotopic (exact) mass is 373 g/mol. The molecule has 0 saturated heterocycles. The first kappa shape index (κ1) is 16.2. The van der Waals surface area contributed by atoms with Gasteiger partial charge < -0.3 is 10.2 Å². The third-order valence-electron chi connectivity index (χ3n) is 4.55. The Kier molecular flexibility index (Phi) is 5.13. The molecule has 2 aromatic carbocycles. The van der Waals surface area contributed by atoms with Gasteiger partial charge in [0.05, 0.1) is 12.7 Å². The van der Waals surface area contributed by atoms with Gasteiger partial charge in [0.25, 0.3) is 5.91 Å². The first-order chi connectivity index (χ1) is 11.1. The molecule has 3 rings (SSSR count). The molecule has 23 heavy (non-hydrogen) atoms. The lowest BCUT2D eigenvalue weighted by Crippen LogP contribution is -3.10. The van der Waals surface area contributed by atoms with Gasteiger partial charge in [-0.25, -0.2) is 0 Å². The van der Waals surface area contributed by atoms with E-state index in [2.05, 4.69) is 52.6 Å². The first-order valence-corrected chi connectivity index (χ1v) is 8.89. The molecule has 1 amide bonds. The topological polar surface area (TPSA) is 33.5 Å². The number of rotatable bonds is 4. The van der Waals surface area contributed by atoms with Crippen molar-refractivity contribution in [3.8, 4) is 0 Å². The van der Waals surface area contributed by atoms with Gasteiger partial charge in [0, 0.05) is 16.5 Å². The number of anilines is 1. The molecular weight excluding hydrogens is 352 g/mol. The van der Waals surface area contributed by atoms with Crippen LogP contribution in [0.25, 0.3) is 0 Å². The highest BCUT2D eigenvalue weighted by atomic mass is 79.9. The van der Waals surface area contributed by atoms with Gasteiger partial charge in [-0.1, -0.05) is 36.4 Å². The molecule has 0 radical (unpaired) electrons. The number of nitrogens with one attached hydrogen (secondary N) is 2. The minimum Gasteiger partial charge on any atom is -0.323 e. The summed E-state index contributed by atoms with van der Waals surface area (Å²) in [6.07, 6.45) is 3.50. The molecule has 4 heteroatoms. The molecule has 0 spiro atoms. The highest BCUT2D eigenvalue weighted by Crippen LogP contribution is 2.27. The van der Waals surface area contributed by atoms with E-state index in [0.717, 1.165) is 23.0 Å². The van der Waals surface area contributed by atoms with Gasteiger partial charge in [-0.3, -0.25) is 4.79 Å². The maximum absolute atomic E-state index is 12.4. The Morgan fingerprint density at radius 2 is 1.96 bits per heavy atom. The van der Waals surface area contributed by atoms with E-state index in [-0.39, 0.29) is 5.91 Å². The number of quaternary nitrogens is 1. The molecule has 1 unspecified atom stereocenters. The molecule has 0 aromatic heterocycles. The second kappa shape index (κ2) is 7.28. The summed E-state index contributed by atoms with van der Waals surface area (Å²) in [5, 5.41) is 3.00. The van der Waals surface area contributed by atoms with E-state index in [0.29, 0.717) is 12.6 Å². The number of carbonyl (C=O) groups is 1. The summed E-state index contributed by atoms with van der Waals surface area (Å²) >= 11 is 3.47. The molecule has 2 N–H and O–H groups in total. The Balaban J connectivity index is 1.67. The predicted octanol–water partition coefficient (Wildman–Crippen LogP) is 2.98. The molecule has 1 aliphatic rings. The largest absolute Gasteiger partial charge is 0.323 e. The van der Waals surface area contributed by atoms with Gasteiger partial charge in [0.1, 0.15) is 6.04 Å². The number of benzene rings is 2. The lowest BCUT2D eigenvalue weighted by Gasteiger charge is -2.30. The number of likely N-dealkylation sites (N-methyl/N-ethyl adjacent to an activating group) is 1. The molecule has 0 heterocycles. The van der Waals surface area contributed by atoms with Crippen molar-refractivity contribution in [3.63, 3.8) is 0 Å². The Labute approximate surface area is 145 Å². The third-order valence-corrected chi connectivity index (χ3v) is 5.24. The van der Waals surface area contributed by atoms with Crippen LogP contribution in [0.1, 0.15) is 30.0 Å². The number of hydrogen-bond acceptors (Lipinski definition) is 1. The van der Waals surface area contributed by atoms with Crippen molar-refractivity contribution >= 4 is 27.5 Å². The minimum absolute atomic E-state index is 0.0532. The van der Waals surface area contributed by atoms with E-state index in [9.17, 15) is 4.79 Å².